The molecule has 0 aliphatic heterocycles. The zero-order chi connectivity index (χ0) is 21.8. The number of ether oxygens (including phenoxy) is 2. The monoisotopic (exact) mass is 434 g/mol. The Hall–Kier alpha value is -2.62. The fourth-order valence-electron chi connectivity index (χ4n) is 3.11. The molecule has 0 radical (unpaired) electrons. The first kappa shape index (κ1) is 22.1. The van der Waals surface area contributed by atoms with E-state index in [1.807, 2.05) is 0 Å². The molecule has 0 aliphatic rings. The highest BCUT2D eigenvalue weighted by Crippen LogP contribution is 2.28. The lowest BCUT2D eigenvalue weighted by atomic mass is 10.2. The summed E-state index contributed by atoms with van der Waals surface area (Å²) >= 11 is 1.12. The van der Waals surface area contributed by atoms with Crippen LogP contribution in [0.2, 0.25) is 0 Å². The lowest BCUT2D eigenvalue weighted by Crippen LogP contribution is -2.31. The number of nitrogens with zero attached hydrogens (tertiary/aromatic N) is 2. The number of carbonyl (C=O) groups is 1. The fourth-order valence-corrected chi connectivity index (χ4v) is 4.22. The lowest BCUT2D eigenvalue weighted by Gasteiger charge is -2.15. The third kappa shape index (κ3) is 4.58. The number of fused-ring (bicyclic) bond motifs is 1. The molecule has 1 aromatic carbocycles. The molecular weight excluding hydrogens is 411 g/mol. The molecule has 30 heavy (non-hydrogen) atoms. The average Bonchev–Trinajstić information content (AvgIpc) is 3.03. The molecule has 3 rings (SSSR count). The quantitative estimate of drug-likeness (QED) is 0.548. The van der Waals surface area contributed by atoms with Gasteiger partial charge >= 0.3 is 5.97 Å². The first-order valence-electron chi connectivity index (χ1n) is 9.50. The Morgan fingerprint density at radius 2 is 2.07 bits per heavy atom. The molecule has 0 saturated carbocycles. The Balaban J connectivity index is 1.77. The zero-order valence-electron chi connectivity index (χ0n) is 17.0. The van der Waals surface area contributed by atoms with Crippen molar-refractivity contribution in [3.63, 3.8) is 0 Å². The van der Waals surface area contributed by atoms with Crippen molar-refractivity contribution >= 4 is 27.5 Å². The molecule has 3 aromatic rings. The fraction of sp³-hybridized carbons (Fsp3) is 0.381. The number of hydrogen-bond donors (Lipinski definition) is 1. The van der Waals surface area contributed by atoms with Crippen LogP contribution < -0.4 is 5.56 Å². The Labute approximate surface area is 176 Å². The summed E-state index contributed by atoms with van der Waals surface area (Å²) in [6, 6.07) is 6.24. The van der Waals surface area contributed by atoms with Gasteiger partial charge in [-0.1, -0.05) is 18.2 Å². The van der Waals surface area contributed by atoms with Gasteiger partial charge in [-0.2, -0.15) is 0 Å². The molecule has 0 bridgehead atoms. The second-order valence-corrected chi connectivity index (χ2v) is 7.79. The van der Waals surface area contributed by atoms with Gasteiger partial charge in [0.25, 0.3) is 5.56 Å². The van der Waals surface area contributed by atoms with Crippen LogP contribution in [0.4, 0.5) is 4.39 Å². The summed E-state index contributed by atoms with van der Waals surface area (Å²) in [5.74, 6) is -0.445. The van der Waals surface area contributed by atoms with E-state index in [9.17, 15) is 19.1 Å². The minimum absolute atomic E-state index is 0.0153. The van der Waals surface area contributed by atoms with Gasteiger partial charge in [0.2, 0.25) is 0 Å². The maximum atomic E-state index is 13.6. The standard InChI is InChI=1S/C21H23FN2O5S/c1-4-29-21(27)18-12(2)17-19(30-18)23-13(3)24(20(17)26)9-15(25)11-28-10-14-7-5-6-8-16(14)22/h5-8,15,25H,4,9-11H2,1-3H3. The number of hydrogen-bond acceptors (Lipinski definition) is 7. The largest absolute Gasteiger partial charge is 0.462 e. The van der Waals surface area contributed by atoms with Crippen LogP contribution in [0.25, 0.3) is 10.2 Å². The number of aryl methyl sites for hydroxylation is 2. The van der Waals surface area contributed by atoms with Crippen molar-refractivity contribution in [2.75, 3.05) is 13.2 Å². The lowest BCUT2D eigenvalue weighted by molar-refractivity contribution is 0.0186. The minimum Gasteiger partial charge on any atom is -0.462 e. The smallest absolute Gasteiger partial charge is 0.348 e. The number of benzene rings is 1. The van der Waals surface area contributed by atoms with Crippen LogP contribution in [0.15, 0.2) is 29.1 Å². The molecule has 0 amide bonds. The van der Waals surface area contributed by atoms with Crippen LogP contribution in [-0.2, 0) is 22.6 Å². The van der Waals surface area contributed by atoms with E-state index in [2.05, 4.69) is 4.98 Å². The summed E-state index contributed by atoms with van der Waals surface area (Å²) in [7, 11) is 0. The highest BCUT2D eigenvalue weighted by atomic mass is 32.1. The molecule has 160 valence electrons. The Bertz CT molecular complexity index is 1120. The van der Waals surface area contributed by atoms with Crippen LogP contribution in [0.5, 0.6) is 0 Å². The van der Waals surface area contributed by atoms with Crippen LogP contribution in [0, 0.1) is 19.7 Å². The molecule has 9 heteroatoms. The highest BCUT2D eigenvalue weighted by Gasteiger charge is 2.22. The molecule has 1 atom stereocenters. The molecule has 1 unspecified atom stereocenters. The van der Waals surface area contributed by atoms with E-state index in [1.165, 1.54) is 10.6 Å². The van der Waals surface area contributed by atoms with Crippen LogP contribution >= 0.6 is 11.3 Å². The Morgan fingerprint density at radius 3 is 2.77 bits per heavy atom. The van der Waals surface area contributed by atoms with Gasteiger partial charge in [0.05, 0.1) is 37.9 Å². The van der Waals surface area contributed by atoms with Gasteiger partial charge in [0.15, 0.2) is 0 Å². The van der Waals surface area contributed by atoms with Crippen molar-refractivity contribution in [3.8, 4) is 0 Å². The third-order valence-corrected chi connectivity index (χ3v) is 5.79. The van der Waals surface area contributed by atoms with E-state index in [0.717, 1.165) is 11.3 Å². The predicted octanol–water partition coefficient (Wildman–Crippen LogP) is 2.97. The molecule has 0 spiro atoms. The van der Waals surface area contributed by atoms with E-state index in [-0.39, 0.29) is 37.7 Å². The van der Waals surface area contributed by atoms with Crippen molar-refractivity contribution in [1.29, 1.82) is 0 Å². The first-order chi connectivity index (χ1) is 14.3. The van der Waals surface area contributed by atoms with Crippen LogP contribution in [0.1, 0.15) is 33.5 Å². The highest BCUT2D eigenvalue weighted by molar-refractivity contribution is 7.20. The van der Waals surface area contributed by atoms with Gasteiger partial charge in [-0.3, -0.25) is 9.36 Å². The second kappa shape index (κ2) is 9.46. The summed E-state index contributed by atoms with van der Waals surface area (Å²) in [5, 5.41) is 10.7. The van der Waals surface area contributed by atoms with Gasteiger partial charge in [0.1, 0.15) is 21.3 Å². The van der Waals surface area contributed by atoms with Gasteiger partial charge in [-0.15, -0.1) is 11.3 Å². The Kier molecular flexibility index (Phi) is 6.96. The van der Waals surface area contributed by atoms with Gasteiger partial charge in [-0.05, 0) is 32.4 Å². The van der Waals surface area contributed by atoms with Gasteiger partial charge in [-0.25, -0.2) is 14.2 Å². The topological polar surface area (TPSA) is 90.7 Å². The summed E-state index contributed by atoms with van der Waals surface area (Å²) in [5.41, 5.74) is 0.571. The number of halogens is 1. The predicted molar refractivity (Wildman–Crippen MR) is 111 cm³/mol. The van der Waals surface area contributed by atoms with Gasteiger partial charge < -0.3 is 14.6 Å². The van der Waals surface area contributed by atoms with Crippen LogP contribution in [0.3, 0.4) is 0 Å². The van der Waals surface area contributed by atoms with E-state index < -0.39 is 12.1 Å². The molecule has 0 aliphatic carbocycles. The van der Waals surface area contributed by atoms with Gasteiger partial charge in [0, 0.05) is 5.56 Å². The molecule has 1 N–H and O–H groups in total. The van der Waals surface area contributed by atoms with Crippen molar-refractivity contribution < 1.29 is 23.8 Å². The van der Waals surface area contributed by atoms with E-state index in [0.29, 0.717) is 32.0 Å². The SMILES string of the molecule is CCOC(=O)c1sc2nc(C)n(CC(O)COCc3ccccc3F)c(=O)c2c1C. The summed E-state index contributed by atoms with van der Waals surface area (Å²) in [6.07, 6.45) is -0.990. The molecule has 0 fully saturated rings. The first-order valence-corrected chi connectivity index (χ1v) is 10.3. The number of aliphatic hydroxyl groups excluding tert-OH is 1. The van der Waals surface area contributed by atoms with Crippen molar-refractivity contribution in [2.24, 2.45) is 0 Å². The number of rotatable bonds is 8. The van der Waals surface area contributed by atoms with Crippen LogP contribution in [-0.4, -0.2) is 39.9 Å². The normalized spacial score (nSPS) is 12.3. The molecule has 2 aromatic heterocycles. The van der Waals surface area contributed by atoms with Crippen molar-refractivity contribution in [2.45, 2.75) is 40.0 Å². The molecular formula is C21H23FN2O5S. The Morgan fingerprint density at radius 1 is 1.33 bits per heavy atom. The summed E-state index contributed by atoms with van der Waals surface area (Å²) in [4.78, 5) is 30.4. The molecule has 0 saturated heterocycles. The number of esters is 1. The maximum absolute atomic E-state index is 13.6. The second-order valence-electron chi connectivity index (χ2n) is 6.79. The number of aliphatic hydroxyl groups is 1. The van der Waals surface area contributed by atoms with Crippen molar-refractivity contribution in [3.05, 3.63) is 62.3 Å². The van der Waals surface area contributed by atoms with E-state index in [4.69, 9.17) is 9.47 Å². The van der Waals surface area contributed by atoms with E-state index >= 15 is 0 Å². The maximum Gasteiger partial charge on any atom is 0.348 e. The molecule has 2 heterocycles. The van der Waals surface area contributed by atoms with Crippen molar-refractivity contribution in [1.82, 2.24) is 9.55 Å². The molecule has 7 nitrogen and oxygen atoms in total. The summed E-state index contributed by atoms with van der Waals surface area (Å²) in [6.45, 7) is 5.20. The zero-order valence-corrected chi connectivity index (χ0v) is 17.8. The number of thiophene rings is 1. The van der Waals surface area contributed by atoms with E-state index in [1.54, 1.807) is 39.0 Å². The average molecular weight is 434 g/mol. The minimum atomic E-state index is -0.990. The number of carbonyl (C=O) groups excluding carboxylic acids is 1. The third-order valence-electron chi connectivity index (χ3n) is 4.62. The number of aromatic nitrogens is 2. The summed E-state index contributed by atoms with van der Waals surface area (Å²) < 4.78 is 25.4.